The van der Waals surface area contributed by atoms with Gasteiger partial charge in [0, 0.05) is 22.4 Å². The van der Waals surface area contributed by atoms with Crippen molar-refractivity contribution in [1.29, 1.82) is 0 Å². The molecule has 8 heteroatoms. The van der Waals surface area contributed by atoms with Gasteiger partial charge >= 0.3 is 6.18 Å². The van der Waals surface area contributed by atoms with Crippen molar-refractivity contribution in [1.82, 2.24) is 9.97 Å². The van der Waals surface area contributed by atoms with Crippen LogP contribution in [-0.4, -0.2) is 16.2 Å². The molecule has 3 rings (SSSR count). The molecule has 2 heterocycles. The number of pyridine rings is 1. The van der Waals surface area contributed by atoms with E-state index in [0.29, 0.717) is 5.13 Å². The number of hydrogen-bond donors (Lipinski definition) is 0. The molecule has 0 bridgehead atoms. The zero-order chi connectivity index (χ0) is 18.7. The second-order valence-corrected chi connectivity index (χ2v) is 8.39. The molecule has 0 spiro atoms. The van der Waals surface area contributed by atoms with Crippen molar-refractivity contribution in [2.24, 2.45) is 4.36 Å². The second-order valence-electron chi connectivity index (χ2n) is 5.61. The molecule has 0 fully saturated rings. The Hall–Kier alpha value is -2.06. The molecule has 2 unspecified atom stereocenters. The lowest BCUT2D eigenvalue weighted by molar-refractivity contribution is -0.141. The minimum atomic E-state index is -4.42. The Kier molecular flexibility index (Phi) is 5.52. The van der Waals surface area contributed by atoms with Crippen LogP contribution < -0.4 is 0 Å². The molecule has 2 atom stereocenters. The van der Waals surface area contributed by atoms with Gasteiger partial charge in [0.25, 0.3) is 0 Å². The Labute approximate surface area is 156 Å². The number of benzene rings is 1. The fraction of sp³-hybridized carbons (Fsp3) is 0.222. The van der Waals surface area contributed by atoms with Gasteiger partial charge in [0.15, 0.2) is 0 Å². The summed E-state index contributed by atoms with van der Waals surface area (Å²) in [6, 6.07) is 12.3. The molecule has 0 amide bonds. The van der Waals surface area contributed by atoms with Crippen molar-refractivity contribution in [2.45, 2.75) is 18.3 Å². The minimum absolute atomic E-state index is 0.0474. The van der Waals surface area contributed by atoms with E-state index in [2.05, 4.69) is 14.3 Å². The SMILES string of the molecule is CC(c1ccc(C(F)(F)F)nc1)S(C)=Nc1nc(-c2ccccc2)cs1. The van der Waals surface area contributed by atoms with E-state index in [1.165, 1.54) is 23.6 Å². The summed E-state index contributed by atoms with van der Waals surface area (Å²) in [4.78, 5) is 8.07. The first-order chi connectivity index (χ1) is 12.3. The van der Waals surface area contributed by atoms with Gasteiger partial charge in [-0.25, -0.2) is 4.98 Å². The van der Waals surface area contributed by atoms with Crippen LogP contribution in [0, 0.1) is 0 Å². The fourth-order valence-electron chi connectivity index (χ4n) is 2.26. The van der Waals surface area contributed by atoms with Crippen molar-refractivity contribution in [3.63, 3.8) is 0 Å². The molecular weight excluding hydrogens is 379 g/mol. The van der Waals surface area contributed by atoms with E-state index in [-0.39, 0.29) is 5.25 Å². The first kappa shape index (κ1) is 18.7. The Morgan fingerprint density at radius 1 is 1.12 bits per heavy atom. The van der Waals surface area contributed by atoms with Crippen LogP contribution in [0.25, 0.3) is 11.3 Å². The molecule has 0 N–H and O–H groups in total. The summed E-state index contributed by atoms with van der Waals surface area (Å²) in [6.07, 6.45) is -1.19. The van der Waals surface area contributed by atoms with Gasteiger partial charge in [-0.2, -0.15) is 17.5 Å². The van der Waals surface area contributed by atoms with Gasteiger partial charge in [-0.15, -0.1) is 11.3 Å². The zero-order valence-corrected chi connectivity index (χ0v) is 15.7. The van der Waals surface area contributed by atoms with Crippen molar-refractivity contribution >= 4 is 27.2 Å². The third-order valence-electron chi connectivity index (χ3n) is 3.84. The highest BCUT2D eigenvalue weighted by Crippen LogP contribution is 2.31. The lowest BCUT2D eigenvalue weighted by Crippen LogP contribution is -2.09. The second kappa shape index (κ2) is 7.67. The summed E-state index contributed by atoms with van der Waals surface area (Å²) in [7, 11) is -0.436. The van der Waals surface area contributed by atoms with Crippen LogP contribution in [0.3, 0.4) is 0 Å². The van der Waals surface area contributed by atoms with Gasteiger partial charge < -0.3 is 0 Å². The van der Waals surface area contributed by atoms with Crippen LogP contribution in [-0.2, 0) is 16.9 Å². The van der Waals surface area contributed by atoms with Gasteiger partial charge in [-0.05, 0) is 24.8 Å². The van der Waals surface area contributed by atoms with E-state index in [4.69, 9.17) is 0 Å². The number of thiazole rings is 1. The highest BCUT2D eigenvalue weighted by Gasteiger charge is 2.32. The van der Waals surface area contributed by atoms with Crippen LogP contribution in [0.1, 0.15) is 23.4 Å². The van der Waals surface area contributed by atoms with Crippen LogP contribution in [0.2, 0.25) is 0 Å². The van der Waals surface area contributed by atoms with E-state index in [1.807, 2.05) is 48.9 Å². The highest BCUT2D eigenvalue weighted by molar-refractivity contribution is 7.87. The van der Waals surface area contributed by atoms with Crippen LogP contribution >= 0.6 is 11.3 Å². The number of nitrogens with zero attached hydrogens (tertiary/aromatic N) is 3. The summed E-state index contributed by atoms with van der Waals surface area (Å²) in [5, 5.41) is 2.57. The minimum Gasteiger partial charge on any atom is -0.251 e. The van der Waals surface area contributed by atoms with Crippen LogP contribution in [0.15, 0.2) is 58.4 Å². The molecule has 0 radical (unpaired) electrons. The topological polar surface area (TPSA) is 38.1 Å². The molecule has 3 nitrogen and oxygen atoms in total. The molecule has 26 heavy (non-hydrogen) atoms. The van der Waals surface area contributed by atoms with Gasteiger partial charge in [0.1, 0.15) is 5.69 Å². The zero-order valence-electron chi connectivity index (χ0n) is 14.1. The average molecular weight is 395 g/mol. The van der Waals surface area contributed by atoms with Crippen LogP contribution in [0.5, 0.6) is 0 Å². The smallest absolute Gasteiger partial charge is 0.251 e. The predicted octanol–water partition coefficient (Wildman–Crippen LogP) is 6.05. The molecule has 0 aliphatic rings. The first-order valence-electron chi connectivity index (χ1n) is 7.75. The monoisotopic (exact) mass is 395 g/mol. The van der Waals surface area contributed by atoms with E-state index in [0.717, 1.165) is 22.9 Å². The summed E-state index contributed by atoms with van der Waals surface area (Å²) in [6.45, 7) is 1.93. The summed E-state index contributed by atoms with van der Waals surface area (Å²) in [5.41, 5.74) is 1.75. The standard InChI is InChI=1S/C18H16F3N3S2/c1-12(14-8-9-16(22-10-14)18(19,20)21)26(2)24-17-23-15(11-25-17)13-6-4-3-5-7-13/h3-12H,1-2H3. The van der Waals surface area contributed by atoms with Crippen LogP contribution in [0.4, 0.5) is 18.3 Å². The third kappa shape index (κ3) is 4.37. The molecule has 1 aromatic carbocycles. The molecule has 3 aromatic rings. The molecular formula is C18H16F3N3S2. The predicted molar refractivity (Wildman–Crippen MR) is 101 cm³/mol. The van der Waals surface area contributed by atoms with Gasteiger partial charge in [-0.3, -0.25) is 4.98 Å². The van der Waals surface area contributed by atoms with Crippen molar-refractivity contribution in [3.05, 3.63) is 65.3 Å². The lowest BCUT2D eigenvalue weighted by atomic mass is 10.2. The number of hydrogen-bond acceptors (Lipinski definition) is 4. The molecule has 0 saturated carbocycles. The molecule has 2 aromatic heterocycles. The van der Waals surface area contributed by atoms with E-state index in [9.17, 15) is 13.2 Å². The molecule has 0 saturated heterocycles. The van der Waals surface area contributed by atoms with E-state index >= 15 is 0 Å². The highest BCUT2D eigenvalue weighted by atomic mass is 32.2. The number of halogens is 3. The average Bonchev–Trinajstić information content (AvgIpc) is 3.09. The summed E-state index contributed by atoms with van der Waals surface area (Å²) >= 11 is 1.46. The summed E-state index contributed by atoms with van der Waals surface area (Å²) < 4.78 is 42.5. The first-order valence-corrected chi connectivity index (χ1v) is 10.3. The van der Waals surface area contributed by atoms with Crippen molar-refractivity contribution in [3.8, 4) is 11.3 Å². The maximum atomic E-state index is 12.6. The third-order valence-corrected chi connectivity index (χ3v) is 6.45. The molecule has 136 valence electrons. The Morgan fingerprint density at radius 2 is 1.85 bits per heavy atom. The maximum Gasteiger partial charge on any atom is 0.433 e. The van der Waals surface area contributed by atoms with Crippen molar-refractivity contribution < 1.29 is 13.2 Å². The van der Waals surface area contributed by atoms with Crippen molar-refractivity contribution in [2.75, 3.05) is 6.26 Å². The Morgan fingerprint density at radius 3 is 2.46 bits per heavy atom. The van der Waals surface area contributed by atoms with E-state index < -0.39 is 22.6 Å². The lowest BCUT2D eigenvalue weighted by Gasteiger charge is -2.13. The van der Waals surface area contributed by atoms with Gasteiger partial charge in [0.05, 0.1) is 5.69 Å². The maximum absolute atomic E-state index is 12.6. The normalized spacial score (nSPS) is 14.3. The summed E-state index contributed by atoms with van der Waals surface area (Å²) in [5.74, 6) is 0. The number of alkyl halides is 3. The fourth-order valence-corrected chi connectivity index (χ4v) is 4.32. The Balaban J connectivity index is 1.78. The molecule has 0 aliphatic carbocycles. The van der Waals surface area contributed by atoms with E-state index in [1.54, 1.807) is 0 Å². The number of aromatic nitrogens is 2. The van der Waals surface area contributed by atoms with Gasteiger partial charge in [-0.1, -0.05) is 47.1 Å². The quantitative estimate of drug-likeness (QED) is 0.539. The van der Waals surface area contributed by atoms with Gasteiger partial charge in [0.2, 0.25) is 5.13 Å². The largest absolute Gasteiger partial charge is 0.433 e. The molecule has 0 aliphatic heterocycles. The Bertz CT molecular complexity index is 903. The number of rotatable bonds is 4.